The molecule has 4 nitrogen and oxygen atoms in total. The molecule has 1 aromatic carbocycles. The van der Waals surface area contributed by atoms with Gasteiger partial charge in [-0.3, -0.25) is 0 Å². The van der Waals surface area contributed by atoms with E-state index >= 15 is 0 Å². The first-order valence-electron chi connectivity index (χ1n) is 5.79. The zero-order valence-corrected chi connectivity index (χ0v) is 11.1. The van der Waals surface area contributed by atoms with Gasteiger partial charge in [-0.1, -0.05) is 29.8 Å². The maximum Gasteiger partial charge on any atom is 0.151 e. The van der Waals surface area contributed by atoms with Gasteiger partial charge in [-0.25, -0.2) is 4.98 Å². The lowest BCUT2D eigenvalue weighted by molar-refractivity contribution is 0.876. The highest BCUT2D eigenvalue weighted by molar-refractivity contribution is 6.31. The third kappa shape index (κ3) is 2.78. The number of nitriles is 1. The molecule has 0 bridgehead atoms. The van der Waals surface area contributed by atoms with Crippen LogP contribution in [0.4, 0.5) is 11.5 Å². The lowest BCUT2D eigenvalue weighted by Gasteiger charge is -2.17. The van der Waals surface area contributed by atoms with Gasteiger partial charge in [-0.15, -0.1) is 0 Å². The number of aromatic nitrogens is 1. The van der Waals surface area contributed by atoms with Crippen LogP contribution < -0.4 is 11.1 Å². The van der Waals surface area contributed by atoms with Crippen molar-refractivity contribution in [3.63, 3.8) is 0 Å². The lowest BCUT2D eigenvalue weighted by atomic mass is 10.1. The molecule has 1 aromatic heterocycles. The third-order valence-corrected chi connectivity index (χ3v) is 3.18. The van der Waals surface area contributed by atoms with Crippen molar-refractivity contribution < 1.29 is 0 Å². The molecule has 5 heteroatoms. The maximum absolute atomic E-state index is 8.93. The highest BCUT2D eigenvalue weighted by atomic mass is 35.5. The Bertz CT molecular complexity index is 634. The van der Waals surface area contributed by atoms with Gasteiger partial charge in [0.05, 0.1) is 17.3 Å². The summed E-state index contributed by atoms with van der Waals surface area (Å²) in [5.74, 6) is 0.492. The van der Waals surface area contributed by atoms with Crippen LogP contribution in [0.25, 0.3) is 0 Å². The van der Waals surface area contributed by atoms with Crippen molar-refractivity contribution in [3.05, 3.63) is 52.7 Å². The van der Waals surface area contributed by atoms with E-state index in [2.05, 4.69) is 10.3 Å². The number of nitrogens with one attached hydrogen (secondary N) is 1. The van der Waals surface area contributed by atoms with E-state index < -0.39 is 0 Å². The normalized spacial score (nSPS) is 11.6. The van der Waals surface area contributed by atoms with Crippen molar-refractivity contribution >= 4 is 23.1 Å². The molecule has 0 saturated carbocycles. The van der Waals surface area contributed by atoms with Crippen LogP contribution in [-0.2, 0) is 0 Å². The molecule has 2 rings (SSSR count). The summed E-state index contributed by atoms with van der Waals surface area (Å²) in [7, 11) is 0. The second kappa shape index (κ2) is 5.59. The maximum atomic E-state index is 8.93. The molecule has 0 aliphatic heterocycles. The minimum absolute atomic E-state index is 0.0579. The van der Waals surface area contributed by atoms with E-state index in [9.17, 15) is 0 Å². The van der Waals surface area contributed by atoms with Crippen molar-refractivity contribution in [1.29, 1.82) is 5.26 Å². The fourth-order valence-corrected chi connectivity index (χ4v) is 2.09. The number of nitrogen functional groups attached to an aromatic ring is 1. The lowest BCUT2D eigenvalue weighted by Crippen LogP contribution is -2.11. The summed E-state index contributed by atoms with van der Waals surface area (Å²) in [4.78, 5) is 4.15. The van der Waals surface area contributed by atoms with Crippen molar-refractivity contribution in [2.75, 3.05) is 11.1 Å². The van der Waals surface area contributed by atoms with Crippen LogP contribution in [0.2, 0.25) is 5.02 Å². The van der Waals surface area contributed by atoms with Crippen molar-refractivity contribution in [2.45, 2.75) is 13.0 Å². The van der Waals surface area contributed by atoms with Crippen LogP contribution in [0, 0.1) is 11.3 Å². The molecular weight excluding hydrogens is 260 g/mol. The van der Waals surface area contributed by atoms with Gasteiger partial charge in [0.1, 0.15) is 6.07 Å². The van der Waals surface area contributed by atoms with Gasteiger partial charge in [-0.2, -0.15) is 5.26 Å². The average Bonchev–Trinajstić information content (AvgIpc) is 2.41. The molecule has 1 heterocycles. The van der Waals surface area contributed by atoms with E-state index in [0.29, 0.717) is 22.1 Å². The largest absolute Gasteiger partial charge is 0.395 e. The molecule has 3 N–H and O–H groups in total. The van der Waals surface area contributed by atoms with E-state index in [1.165, 1.54) is 0 Å². The number of rotatable bonds is 3. The Morgan fingerprint density at radius 2 is 2.11 bits per heavy atom. The monoisotopic (exact) mass is 272 g/mol. The Morgan fingerprint density at radius 1 is 1.37 bits per heavy atom. The fourth-order valence-electron chi connectivity index (χ4n) is 1.79. The van der Waals surface area contributed by atoms with Gasteiger partial charge < -0.3 is 11.1 Å². The summed E-state index contributed by atoms with van der Waals surface area (Å²) in [5, 5.41) is 12.8. The molecule has 0 saturated heterocycles. The topological polar surface area (TPSA) is 74.7 Å². The molecule has 96 valence electrons. The highest BCUT2D eigenvalue weighted by Gasteiger charge is 2.12. The third-order valence-electron chi connectivity index (χ3n) is 2.84. The first kappa shape index (κ1) is 13.2. The summed E-state index contributed by atoms with van der Waals surface area (Å²) in [6, 6.07) is 11.1. The number of nitrogens with two attached hydrogens (primary N) is 1. The Kier molecular flexibility index (Phi) is 3.88. The van der Waals surface area contributed by atoms with Crippen molar-refractivity contribution in [2.24, 2.45) is 0 Å². The predicted octanol–water partition coefficient (Wildman–Crippen LogP) is 3.36. The summed E-state index contributed by atoms with van der Waals surface area (Å²) in [6.07, 6.45) is 1.55. The molecule has 0 fully saturated rings. The molecule has 1 atom stereocenters. The van der Waals surface area contributed by atoms with Crippen molar-refractivity contribution in [3.8, 4) is 6.07 Å². The SMILES string of the molecule is CC(Nc1nccc(C#N)c1N)c1ccccc1Cl. The van der Waals surface area contributed by atoms with Gasteiger partial charge in [0, 0.05) is 11.2 Å². The molecular formula is C14H13ClN4. The van der Waals surface area contributed by atoms with Gasteiger partial charge in [0.15, 0.2) is 5.82 Å². The van der Waals surface area contributed by atoms with E-state index in [4.69, 9.17) is 22.6 Å². The quantitative estimate of drug-likeness (QED) is 0.898. The Hall–Kier alpha value is -2.25. The van der Waals surface area contributed by atoms with Crippen LogP contribution in [0.1, 0.15) is 24.1 Å². The molecule has 19 heavy (non-hydrogen) atoms. The molecule has 0 radical (unpaired) electrons. The molecule has 0 amide bonds. The number of nitrogens with zero attached hydrogens (tertiary/aromatic N) is 2. The first-order valence-corrected chi connectivity index (χ1v) is 6.17. The van der Waals surface area contributed by atoms with Gasteiger partial charge >= 0.3 is 0 Å². The predicted molar refractivity (Wildman–Crippen MR) is 76.9 cm³/mol. The molecule has 2 aromatic rings. The van der Waals surface area contributed by atoms with Crippen molar-refractivity contribution in [1.82, 2.24) is 4.98 Å². The van der Waals surface area contributed by atoms with Gasteiger partial charge in [0.25, 0.3) is 0 Å². The van der Waals surface area contributed by atoms with E-state index in [1.54, 1.807) is 12.3 Å². The molecule has 1 unspecified atom stereocenters. The van der Waals surface area contributed by atoms with E-state index in [-0.39, 0.29) is 6.04 Å². The van der Waals surface area contributed by atoms with E-state index in [1.807, 2.05) is 37.3 Å². The Morgan fingerprint density at radius 3 is 2.79 bits per heavy atom. The number of anilines is 2. The van der Waals surface area contributed by atoms with Crippen LogP contribution in [0.5, 0.6) is 0 Å². The standard InChI is InChI=1S/C14H13ClN4/c1-9(11-4-2-3-5-12(11)15)19-14-13(17)10(8-16)6-7-18-14/h2-7,9H,17H2,1H3,(H,18,19). The second-order valence-corrected chi connectivity index (χ2v) is 4.53. The van der Waals surface area contributed by atoms with Crippen LogP contribution >= 0.6 is 11.6 Å². The average molecular weight is 273 g/mol. The minimum atomic E-state index is -0.0579. The Balaban J connectivity index is 2.28. The summed E-state index contributed by atoms with van der Waals surface area (Å²) in [5.41, 5.74) is 7.59. The second-order valence-electron chi connectivity index (χ2n) is 4.12. The molecule has 0 aliphatic rings. The minimum Gasteiger partial charge on any atom is -0.395 e. The van der Waals surface area contributed by atoms with Gasteiger partial charge in [-0.05, 0) is 24.6 Å². The smallest absolute Gasteiger partial charge is 0.151 e. The first-order chi connectivity index (χ1) is 9.13. The fraction of sp³-hybridized carbons (Fsp3) is 0.143. The summed E-state index contributed by atoms with van der Waals surface area (Å²) < 4.78 is 0. The molecule has 0 spiro atoms. The summed E-state index contributed by atoms with van der Waals surface area (Å²) >= 11 is 6.14. The van der Waals surface area contributed by atoms with Crippen LogP contribution in [0.15, 0.2) is 36.5 Å². The summed E-state index contributed by atoms with van der Waals surface area (Å²) in [6.45, 7) is 1.96. The number of halogens is 1. The van der Waals surface area contributed by atoms with E-state index in [0.717, 1.165) is 5.56 Å². The highest BCUT2D eigenvalue weighted by Crippen LogP contribution is 2.27. The number of benzene rings is 1. The number of pyridine rings is 1. The molecule has 0 aliphatic carbocycles. The number of hydrogen-bond donors (Lipinski definition) is 2. The van der Waals surface area contributed by atoms with Crippen LogP contribution in [0.3, 0.4) is 0 Å². The zero-order valence-electron chi connectivity index (χ0n) is 10.4. The number of hydrogen-bond acceptors (Lipinski definition) is 4. The Labute approximate surface area is 116 Å². The zero-order chi connectivity index (χ0) is 13.8. The van der Waals surface area contributed by atoms with Gasteiger partial charge in [0.2, 0.25) is 0 Å². The van der Waals surface area contributed by atoms with Crippen LogP contribution in [-0.4, -0.2) is 4.98 Å².